The quantitative estimate of drug-likeness (QED) is 0.726. The van der Waals surface area contributed by atoms with Crippen molar-refractivity contribution in [1.82, 2.24) is 9.71 Å². The summed E-state index contributed by atoms with van der Waals surface area (Å²) in [4.78, 5) is 15.8. The van der Waals surface area contributed by atoms with Gasteiger partial charge in [-0.15, -0.1) is 0 Å². The molecule has 0 fully saturated rings. The summed E-state index contributed by atoms with van der Waals surface area (Å²) in [5.74, 6) is -0.321. The number of halogens is 2. The fraction of sp³-hybridized carbons (Fsp3) is 0.250. The summed E-state index contributed by atoms with van der Waals surface area (Å²) in [5.41, 5.74) is 1.90. The molecule has 0 spiro atoms. The number of pyridine rings is 1. The van der Waals surface area contributed by atoms with E-state index in [-0.39, 0.29) is 28.9 Å². The average Bonchev–Trinajstić information content (AvgIpc) is 2.54. The van der Waals surface area contributed by atoms with Gasteiger partial charge in [0.2, 0.25) is 15.9 Å². The Labute approximate surface area is 156 Å². The van der Waals surface area contributed by atoms with Gasteiger partial charge in [-0.25, -0.2) is 18.1 Å². The topological polar surface area (TPSA) is 88.2 Å². The Balaban J connectivity index is 1.94. The first-order valence-corrected chi connectivity index (χ1v) is 9.61. The third-order valence-corrected chi connectivity index (χ3v) is 5.72. The lowest BCUT2D eigenvalue weighted by Crippen LogP contribution is -2.28. The van der Waals surface area contributed by atoms with Crippen molar-refractivity contribution in [2.24, 2.45) is 0 Å². The molecular formula is C16H17Cl2N3O3S. The molecule has 1 aromatic heterocycles. The van der Waals surface area contributed by atoms with Gasteiger partial charge in [0, 0.05) is 29.9 Å². The lowest BCUT2D eigenvalue weighted by Gasteiger charge is -2.10. The minimum atomic E-state index is -3.76. The van der Waals surface area contributed by atoms with Crippen LogP contribution in [-0.2, 0) is 14.8 Å². The van der Waals surface area contributed by atoms with Gasteiger partial charge >= 0.3 is 0 Å². The Kier molecular flexibility index (Phi) is 6.40. The number of hydrogen-bond donors (Lipinski definition) is 2. The van der Waals surface area contributed by atoms with Crippen LogP contribution in [0, 0.1) is 13.8 Å². The van der Waals surface area contributed by atoms with E-state index < -0.39 is 10.0 Å². The second-order valence-corrected chi connectivity index (χ2v) is 7.92. The monoisotopic (exact) mass is 401 g/mol. The number of carbonyl (C=O) groups is 1. The summed E-state index contributed by atoms with van der Waals surface area (Å²) in [6.45, 7) is 3.40. The van der Waals surface area contributed by atoms with Crippen LogP contribution in [0.5, 0.6) is 0 Å². The van der Waals surface area contributed by atoms with E-state index in [1.54, 1.807) is 32.0 Å². The number of carbonyl (C=O) groups excluding carboxylic acids is 1. The number of nitrogens with zero attached hydrogens (tertiary/aromatic N) is 1. The largest absolute Gasteiger partial charge is 0.326 e. The van der Waals surface area contributed by atoms with Gasteiger partial charge in [0.15, 0.2) is 0 Å². The van der Waals surface area contributed by atoms with Crippen molar-refractivity contribution in [1.29, 1.82) is 0 Å². The van der Waals surface area contributed by atoms with Crippen LogP contribution >= 0.6 is 23.2 Å². The fourth-order valence-electron chi connectivity index (χ4n) is 2.02. The van der Waals surface area contributed by atoms with Gasteiger partial charge in [0.25, 0.3) is 0 Å². The highest BCUT2D eigenvalue weighted by molar-refractivity contribution is 7.89. The van der Waals surface area contributed by atoms with Crippen LogP contribution in [0.4, 0.5) is 5.69 Å². The third kappa shape index (κ3) is 5.15. The van der Waals surface area contributed by atoms with E-state index >= 15 is 0 Å². The zero-order valence-electron chi connectivity index (χ0n) is 13.6. The smallest absolute Gasteiger partial charge is 0.242 e. The predicted octanol–water partition coefficient (Wildman–Crippen LogP) is 3.31. The molecule has 0 aliphatic carbocycles. The first-order chi connectivity index (χ1) is 11.7. The molecule has 1 heterocycles. The number of benzene rings is 1. The molecule has 2 N–H and O–H groups in total. The Bertz CT molecular complexity index is 901. The van der Waals surface area contributed by atoms with Gasteiger partial charge in [-0.05, 0) is 43.2 Å². The molecule has 9 heteroatoms. The number of amides is 1. The zero-order chi connectivity index (χ0) is 18.6. The van der Waals surface area contributed by atoms with Crippen molar-refractivity contribution in [3.63, 3.8) is 0 Å². The fourth-order valence-corrected chi connectivity index (χ4v) is 3.36. The van der Waals surface area contributed by atoms with Crippen molar-refractivity contribution in [3.8, 4) is 0 Å². The van der Waals surface area contributed by atoms with E-state index in [4.69, 9.17) is 23.2 Å². The number of aryl methyl sites for hydroxylation is 1. The molecule has 0 saturated carbocycles. The summed E-state index contributed by atoms with van der Waals surface area (Å²) in [6.07, 6.45) is 1.15. The van der Waals surface area contributed by atoms with Crippen LogP contribution in [0.1, 0.15) is 17.5 Å². The van der Waals surface area contributed by atoms with Crippen LogP contribution in [0.15, 0.2) is 35.4 Å². The van der Waals surface area contributed by atoms with Gasteiger partial charge < -0.3 is 5.32 Å². The minimum absolute atomic E-state index is 0.000457. The number of anilines is 1. The molecule has 0 aliphatic heterocycles. The van der Waals surface area contributed by atoms with E-state index in [2.05, 4.69) is 15.0 Å². The van der Waals surface area contributed by atoms with Crippen molar-refractivity contribution >= 4 is 44.8 Å². The van der Waals surface area contributed by atoms with Gasteiger partial charge in [-0.1, -0.05) is 29.3 Å². The lowest BCUT2D eigenvalue weighted by atomic mass is 10.2. The lowest BCUT2D eigenvalue weighted by molar-refractivity contribution is -0.116. The summed E-state index contributed by atoms with van der Waals surface area (Å²) in [5, 5.41) is 3.50. The molecular weight excluding hydrogens is 385 g/mol. The normalized spacial score (nSPS) is 11.4. The predicted molar refractivity (Wildman–Crippen MR) is 98.6 cm³/mol. The molecule has 2 rings (SSSR count). The standard InChI is InChI=1S/C16H17Cl2N3O3S/c1-10-8-12(9-19-16(10)18)25(23,24)20-7-6-15(22)21-14-5-3-4-13(17)11(14)2/h3-5,8-9,20H,6-7H2,1-2H3,(H,21,22). The first-order valence-electron chi connectivity index (χ1n) is 7.37. The summed E-state index contributed by atoms with van der Waals surface area (Å²) < 4.78 is 26.7. The van der Waals surface area contributed by atoms with Crippen molar-refractivity contribution in [2.75, 3.05) is 11.9 Å². The Morgan fingerprint density at radius 2 is 1.96 bits per heavy atom. The molecule has 0 aliphatic rings. The maximum absolute atomic E-state index is 12.2. The van der Waals surface area contributed by atoms with Crippen molar-refractivity contribution in [3.05, 3.63) is 51.8 Å². The molecule has 1 amide bonds. The van der Waals surface area contributed by atoms with Gasteiger partial charge in [0.1, 0.15) is 10.0 Å². The van der Waals surface area contributed by atoms with Crippen LogP contribution in [0.3, 0.4) is 0 Å². The molecule has 1 aromatic carbocycles. The van der Waals surface area contributed by atoms with Crippen molar-refractivity contribution < 1.29 is 13.2 Å². The van der Waals surface area contributed by atoms with E-state index in [0.717, 1.165) is 5.56 Å². The summed E-state index contributed by atoms with van der Waals surface area (Å²) in [7, 11) is -3.76. The highest BCUT2D eigenvalue weighted by Gasteiger charge is 2.16. The number of nitrogens with one attached hydrogen (secondary N) is 2. The zero-order valence-corrected chi connectivity index (χ0v) is 16.0. The third-order valence-electron chi connectivity index (χ3n) is 3.49. The molecule has 134 valence electrons. The summed E-state index contributed by atoms with van der Waals surface area (Å²) >= 11 is 11.8. The molecule has 6 nitrogen and oxygen atoms in total. The second kappa shape index (κ2) is 8.14. The highest BCUT2D eigenvalue weighted by Crippen LogP contribution is 2.23. The van der Waals surface area contributed by atoms with Crippen molar-refractivity contribution in [2.45, 2.75) is 25.2 Å². The van der Waals surface area contributed by atoms with Crippen LogP contribution in [-0.4, -0.2) is 25.9 Å². The molecule has 2 aromatic rings. The van der Waals surface area contributed by atoms with Crippen LogP contribution in [0.2, 0.25) is 10.2 Å². The average molecular weight is 402 g/mol. The van der Waals surface area contributed by atoms with Gasteiger partial charge in [-0.3, -0.25) is 4.79 Å². The maximum atomic E-state index is 12.2. The van der Waals surface area contributed by atoms with E-state index in [1.807, 2.05) is 0 Å². The van der Waals surface area contributed by atoms with E-state index in [1.165, 1.54) is 12.3 Å². The first kappa shape index (κ1) is 19.7. The number of hydrogen-bond acceptors (Lipinski definition) is 4. The molecule has 0 unspecified atom stereocenters. The molecule has 0 saturated heterocycles. The Hall–Kier alpha value is -1.67. The van der Waals surface area contributed by atoms with E-state index in [9.17, 15) is 13.2 Å². The van der Waals surface area contributed by atoms with Crippen LogP contribution in [0.25, 0.3) is 0 Å². The number of sulfonamides is 1. The van der Waals surface area contributed by atoms with E-state index in [0.29, 0.717) is 16.3 Å². The van der Waals surface area contributed by atoms with Gasteiger partial charge in [0.05, 0.1) is 0 Å². The van der Waals surface area contributed by atoms with Crippen LogP contribution < -0.4 is 10.0 Å². The van der Waals surface area contributed by atoms with Gasteiger partial charge in [-0.2, -0.15) is 0 Å². The highest BCUT2D eigenvalue weighted by atomic mass is 35.5. The molecule has 0 atom stereocenters. The number of aromatic nitrogens is 1. The number of rotatable bonds is 6. The Morgan fingerprint density at radius 1 is 1.24 bits per heavy atom. The molecule has 25 heavy (non-hydrogen) atoms. The molecule has 0 bridgehead atoms. The minimum Gasteiger partial charge on any atom is -0.326 e. The maximum Gasteiger partial charge on any atom is 0.242 e. The second-order valence-electron chi connectivity index (χ2n) is 5.39. The Morgan fingerprint density at radius 3 is 2.64 bits per heavy atom. The summed E-state index contributed by atoms with van der Waals surface area (Å²) in [6, 6.07) is 6.60. The SMILES string of the molecule is Cc1cc(S(=O)(=O)NCCC(=O)Nc2cccc(Cl)c2C)cnc1Cl. The molecule has 0 radical (unpaired) electrons.